The molecule has 218 valence electrons. The predicted octanol–water partition coefficient (Wildman–Crippen LogP) is 5.94. The van der Waals surface area contributed by atoms with Crippen molar-refractivity contribution in [3.8, 4) is 0 Å². The summed E-state index contributed by atoms with van der Waals surface area (Å²) in [5, 5.41) is 6.44. The maximum absolute atomic E-state index is 14.0. The van der Waals surface area contributed by atoms with Crippen molar-refractivity contribution in [3.63, 3.8) is 0 Å². The van der Waals surface area contributed by atoms with Gasteiger partial charge in [-0.2, -0.15) is 13.9 Å². The number of halogens is 5. The second kappa shape index (κ2) is 10.9. The summed E-state index contributed by atoms with van der Waals surface area (Å²) in [6, 6.07) is 7.08. The number of amidine groups is 1. The number of benzene rings is 2. The molecule has 0 unspecified atom stereocenters. The minimum Gasteiger partial charge on any atom is -0.326 e. The first kappa shape index (κ1) is 28.5. The highest BCUT2D eigenvalue weighted by Crippen LogP contribution is 2.46. The standard InChI is InChI=1S/C27H21ClF4N6O2S2/c1-14-10-15(29)3-5-22(14)42(39,40)36-17-12-21-23(20-6-8-38(35-20)27(31)32)24(18-4-2-16(30)11-19(18)28)34-25(37(21)13-17)26-33-7-9-41-26/h2-11,17,24,27,36H,12-13H2,1H3/t17-,24-/m0/s1. The molecule has 1 saturated heterocycles. The second-order valence-electron chi connectivity index (χ2n) is 9.72. The lowest BCUT2D eigenvalue weighted by Crippen LogP contribution is -2.39. The van der Waals surface area contributed by atoms with E-state index in [4.69, 9.17) is 16.6 Å². The molecule has 42 heavy (non-hydrogen) atoms. The number of aryl methyl sites for hydroxylation is 1. The molecule has 0 radical (unpaired) electrons. The zero-order valence-corrected chi connectivity index (χ0v) is 24.1. The van der Waals surface area contributed by atoms with Gasteiger partial charge >= 0.3 is 6.55 Å². The van der Waals surface area contributed by atoms with Crippen molar-refractivity contribution in [2.24, 2.45) is 4.99 Å². The summed E-state index contributed by atoms with van der Waals surface area (Å²) in [7, 11) is -4.07. The first-order valence-electron chi connectivity index (χ1n) is 12.6. The number of aromatic nitrogens is 3. The number of sulfonamides is 1. The number of rotatable bonds is 7. The predicted molar refractivity (Wildman–Crippen MR) is 150 cm³/mol. The molecular formula is C27H21ClF4N6O2S2. The van der Waals surface area contributed by atoms with E-state index in [0.29, 0.717) is 32.4 Å². The molecule has 0 bridgehead atoms. The molecule has 4 heterocycles. The van der Waals surface area contributed by atoms with Crippen LogP contribution in [0.4, 0.5) is 17.6 Å². The van der Waals surface area contributed by atoms with Crippen LogP contribution in [-0.4, -0.2) is 46.5 Å². The molecule has 2 aliphatic heterocycles. The SMILES string of the molecule is Cc1cc(F)ccc1S(=O)(=O)N[C@H]1CC2=C(c3ccn(C(F)F)n3)[C@H](c3ccc(F)cc3Cl)N=C(c3nccs3)N2C1. The molecule has 2 aromatic heterocycles. The van der Waals surface area contributed by atoms with Crippen LogP contribution >= 0.6 is 22.9 Å². The molecule has 1 fully saturated rings. The van der Waals surface area contributed by atoms with E-state index >= 15 is 0 Å². The van der Waals surface area contributed by atoms with Crippen molar-refractivity contribution >= 4 is 44.4 Å². The van der Waals surface area contributed by atoms with Gasteiger partial charge in [-0.15, -0.1) is 11.3 Å². The van der Waals surface area contributed by atoms with Gasteiger partial charge in [0.15, 0.2) is 10.8 Å². The molecular weight excluding hydrogens is 616 g/mol. The van der Waals surface area contributed by atoms with Crippen LogP contribution in [0.1, 0.15) is 40.8 Å². The number of hydrogen-bond acceptors (Lipinski definition) is 7. The van der Waals surface area contributed by atoms with E-state index in [1.807, 2.05) is 0 Å². The molecule has 0 saturated carbocycles. The lowest BCUT2D eigenvalue weighted by atomic mass is 9.92. The van der Waals surface area contributed by atoms with Crippen LogP contribution in [-0.2, 0) is 10.0 Å². The van der Waals surface area contributed by atoms with Crippen LogP contribution in [0.2, 0.25) is 5.02 Å². The minimum absolute atomic E-state index is 0.0663. The van der Waals surface area contributed by atoms with E-state index in [9.17, 15) is 26.0 Å². The summed E-state index contributed by atoms with van der Waals surface area (Å²) >= 11 is 7.78. The molecule has 8 nitrogen and oxygen atoms in total. The summed E-state index contributed by atoms with van der Waals surface area (Å²) in [5.41, 5.74) is 1.82. The van der Waals surface area contributed by atoms with Crippen molar-refractivity contribution < 1.29 is 26.0 Å². The molecule has 6 rings (SSSR count). The van der Waals surface area contributed by atoms with Crippen LogP contribution in [0.15, 0.2) is 75.8 Å². The first-order valence-corrected chi connectivity index (χ1v) is 15.3. The Balaban J connectivity index is 1.49. The Hall–Kier alpha value is -3.59. The number of thiazole rings is 1. The molecule has 15 heteroatoms. The third kappa shape index (κ3) is 5.23. The Labute approximate surface area is 247 Å². The van der Waals surface area contributed by atoms with Crippen molar-refractivity contribution in [1.82, 2.24) is 24.4 Å². The number of fused-ring (bicyclic) bond motifs is 1. The maximum atomic E-state index is 14.0. The summed E-state index contributed by atoms with van der Waals surface area (Å²) < 4.78 is 84.7. The van der Waals surface area contributed by atoms with E-state index in [-0.39, 0.29) is 34.1 Å². The van der Waals surface area contributed by atoms with E-state index < -0.39 is 40.3 Å². The maximum Gasteiger partial charge on any atom is 0.333 e. The van der Waals surface area contributed by atoms with E-state index in [1.54, 1.807) is 16.5 Å². The Bertz CT molecular complexity index is 1840. The van der Waals surface area contributed by atoms with Gasteiger partial charge in [0.05, 0.1) is 10.6 Å². The highest BCUT2D eigenvalue weighted by molar-refractivity contribution is 7.89. The molecule has 0 spiro atoms. The van der Waals surface area contributed by atoms with Gasteiger partial charge in [0, 0.05) is 58.6 Å². The minimum atomic E-state index is -4.07. The average molecular weight is 637 g/mol. The van der Waals surface area contributed by atoms with E-state index in [0.717, 1.165) is 24.4 Å². The monoisotopic (exact) mass is 636 g/mol. The number of nitrogens with one attached hydrogen (secondary N) is 1. The van der Waals surface area contributed by atoms with Gasteiger partial charge in [-0.05, 0) is 48.9 Å². The Morgan fingerprint density at radius 3 is 2.55 bits per heavy atom. The lowest BCUT2D eigenvalue weighted by Gasteiger charge is -2.32. The van der Waals surface area contributed by atoms with Crippen molar-refractivity contribution in [3.05, 3.63) is 104 Å². The molecule has 4 aromatic rings. The number of nitrogens with zero attached hydrogens (tertiary/aromatic N) is 5. The van der Waals surface area contributed by atoms with E-state index in [1.165, 1.54) is 42.5 Å². The van der Waals surface area contributed by atoms with Crippen LogP contribution in [0.25, 0.3) is 5.57 Å². The lowest BCUT2D eigenvalue weighted by molar-refractivity contribution is 0.0564. The fraction of sp³-hybridized carbons (Fsp3) is 0.222. The Kier molecular flexibility index (Phi) is 7.41. The van der Waals surface area contributed by atoms with Crippen LogP contribution < -0.4 is 4.72 Å². The van der Waals surface area contributed by atoms with Crippen LogP contribution in [0.3, 0.4) is 0 Å². The zero-order chi connectivity index (χ0) is 29.8. The summed E-state index contributed by atoms with van der Waals surface area (Å²) in [4.78, 5) is 11.0. The normalized spacial score (nSPS) is 19.0. The topological polar surface area (TPSA) is 92.5 Å². The fourth-order valence-corrected chi connectivity index (χ4v) is 7.59. The fourth-order valence-electron chi connectivity index (χ4n) is 5.23. The highest BCUT2D eigenvalue weighted by atomic mass is 35.5. The van der Waals surface area contributed by atoms with E-state index in [2.05, 4.69) is 14.8 Å². The Morgan fingerprint density at radius 2 is 1.88 bits per heavy atom. The Morgan fingerprint density at radius 1 is 1.12 bits per heavy atom. The smallest absolute Gasteiger partial charge is 0.326 e. The number of aliphatic imine (C=N–C) groups is 1. The van der Waals surface area contributed by atoms with Gasteiger partial charge in [0.1, 0.15) is 17.7 Å². The third-order valence-corrected chi connectivity index (χ3v) is 9.75. The van der Waals surface area contributed by atoms with Gasteiger partial charge in [-0.1, -0.05) is 17.7 Å². The summed E-state index contributed by atoms with van der Waals surface area (Å²) in [6.07, 6.45) is 2.86. The average Bonchev–Trinajstić information content (AvgIpc) is 3.68. The summed E-state index contributed by atoms with van der Waals surface area (Å²) in [6.45, 7) is -1.26. The van der Waals surface area contributed by atoms with Gasteiger partial charge in [0.2, 0.25) is 10.0 Å². The molecule has 1 N–H and O–H groups in total. The second-order valence-corrected chi connectivity index (χ2v) is 12.7. The van der Waals surface area contributed by atoms with Crippen LogP contribution in [0.5, 0.6) is 0 Å². The molecule has 2 aromatic carbocycles. The van der Waals surface area contributed by atoms with Gasteiger partial charge in [-0.3, -0.25) is 4.99 Å². The number of hydrogen-bond donors (Lipinski definition) is 1. The first-order chi connectivity index (χ1) is 20.0. The van der Waals surface area contributed by atoms with Crippen LogP contribution in [0, 0.1) is 18.6 Å². The molecule has 2 aliphatic rings. The quantitative estimate of drug-likeness (QED) is 0.254. The largest absolute Gasteiger partial charge is 0.333 e. The zero-order valence-electron chi connectivity index (χ0n) is 21.7. The van der Waals surface area contributed by atoms with Gasteiger partial charge < -0.3 is 4.90 Å². The molecule has 2 atom stereocenters. The number of alkyl halides is 2. The van der Waals surface area contributed by atoms with Crippen molar-refractivity contribution in [2.45, 2.75) is 36.9 Å². The summed E-state index contributed by atoms with van der Waals surface area (Å²) in [5.74, 6) is -0.702. The van der Waals surface area contributed by atoms with Gasteiger partial charge in [-0.25, -0.2) is 31.6 Å². The molecule has 0 aliphatic carbocycles. The van der Waals surface area contributed by atoms with Gasteiger partial charge in [0.25, 0.3) is 0 Å². The highest BCUT2D eigenvalue weighted by Gasteiger charge is 2.42. The third-order valence-electron chi connectivity index (χ3n) is 6.97. The van der Waals surface area contributed by atoms with Crippen molar-refractivity contribution in [2.75, 3.05) is 6.54 Å². The molecule has 0 amide bonds. The van der Waals surface area contributed by atoms with Crippen molar-refractivity contribution in [1.29, 1.82) is 0 Å².